The van der Waals surface area contributed by atoms with E-state index in [1.807, 2.05) is 67.9 Å². The van der Waals surface area contributed by atoms with Gasteiger partial charge in [-0.1, -0.05) is 54.6 Å². The maximum Gasteiger partial charge on any atom is 0.274 e. The van der Waals surface area contributed by atoms with E-state index < -0.39 is 0 Å². The fraction of sp³-hybridized carbons (Fsp3) is 0.308. The molecule has 3 aromatic rings. The number of aromatic nitrogens is 2. The summed E-state index contributed by atoms with van der Waals surface area (Å²) < 4.78 is 2.06. The summed E-state index contributed by atoms with van der Waals surface area (Å²) in [7, 11) is 1.84. The minimum absolute atomic E-state index is 0.0528. The highest BCUT2D eigenvalue weighted by atomic mass is 16.2. The van der Waals surface area contributed by atoms with E-state index in [0.717, 1.165) is 29.7 Å². The standard InChI is InChI=1S/C26H30N4O/c1-4-11-22-15-10-12-20(2)30(22)19-23-25(27-24-16-8-9-17-29(23)24)26(31)28(3)18-21-13-6-5-7-14-21/h4-10,12-14,16-17,20,22H,1,11,15,18-19H2,2-3H3/t20-,22-/m1/s1. The molecule has 2 atom stereocenters. The van der Waals surface area contributed by atoms with Crippen LogP contribution in [0, 0.1) is 0 Å². The summed E-state index contributed by atoms with van der Waals surface area (Å²) in [5.41, 5.74) is 3.37. The van der Waals surface area contributed by atoms with Crippen molar-refractivity contribution in [3.8, 4) is 0 Å². The highest BCUT2D eigenvalue weighted by molar-refractivity contribution is 5.94. The minimum atomic E-state index is -0.0528. The third-order valence-electron chi connectivity index (χ3n) is 6.03. The van der Waals surface area contributed by atoms with Crippen molar-refractivity contribution < 1.29 is 4.79 Å². The molecule has 0 saturated heterocycles. The molecule has 3 heterocycles. The number of fused-ring (bicyclic) bond motifs is 1. The van der Waals surface area contributed by atoms with Crippen LogP contribution in [0.2, 0.25) is 0 Å². The van der Waals surface area contributed by atoms with Gasteiger partial charge in [-0.25, -0.2) is 4.98 Å². The molecule has 0 saturated carbocycles. The van der Waals surface area contributed by atoms with Gasteiger partial charge in [0, 0.05) is 38.4 Å². The number of benzene rings is 1. The summed E-state index contributed by atoms with van der Waals surface area (Å²) in [4.78, 5) is 22.4. The van der Waals surface area contributed by atoms with Crippen molar-refractivity contribution in [1.82, 2.24) is 19.2 Å². The molecule has 0 bridgehead atoms. The molecule has 160 valence electrons. The first-order chi connectivity index (χ1) is 15.1. The number of rotatable bonds is 7. The number of nitrogens with zero attached hydrogens (tertiary/aromatic N) is 4. The zero-order chi connectivity index (χ0) is 21.8. The van der Waals surface area contributed by atoms with Crippen LogP contribution in [0.4, 0.5) is 0 Å². The zero-order valence-corrected chi connectivity index (χ0v) is 18.3. The molecule has 31 heavy (non-hydrogen) atoms. The summed E-state index contributed by atoms with van der Waals surface area (Å²) in [5.74, 6) is -0.0528. The van der Waals surface area contributed by atoms with E-state index in [1.54, 1.807) is 4.90 Å². The fourth-order valence-corrected chi connectivity index (χ4v) is 4.36. The number of hydrogen-bond acceptors (Lipinski definition) is 3. The lowest BCUT2D eigenvalue weighted by Crippen LogP contribution is -2.43. The van der Waals surface area contributed by atoms with E-state index in [4.69, 9.17) is 4.98 Å². The smallest absolute Gasteiger partial charge is 0.274 e. The van der Waals surface area contributed by atoms with Crippen molar-refractivity contribution in [1.29, 1.82) is 0 Å². The van der Waals surface area contributed by atoms with Crippen LogP contribution in [-0.4, -0.2) is 44.2 Å². The predicted molar refractivity (Wildman–Crippen MR) is 125 cm³/mol. The van der Waals surface area contributed by atoms with Crippen LogP contribution in [0.3, 0.4) is 0 Å². The van der Waals surface area contributed by atoms with Gasteiger partial charge in [-0.2, -0.15) is 0 Å². The normalized spacial score (nSPS) is 18.9. The van der Waals surface area contributed by atoms with E-state index in [2.05, 4.69) is 35.0 Å². The molecule has 1 aliphatic heterocycles. The second-order valence-corrected chi connectivity index (χ2v) is 8.24. The van der Waals surface area contributed by atoms with Crippen LogP contribution in [0.25, 0.3) is 5.65 Å². The Morgan fingerprint density at radius 1 is 1.23 bits per heavy atom. The van der Waals surface area contributed by atoms with Crippen molar-refractivity contribution in [3.63, 3.8) is 0 Å². The largest absolute Gasteiger partial charge is 0.336 e. The Morgan fingerprint density at radius 3 is 2.77 bits per heavy atom. The summed E-state index contributed by atoms with van der Waals surface area (Å²) in [5, 5.41) is 0. The van der Waals surface area contributed by atoms with Gasteiger partial charge < -0.3 is 9.30 Å². The van der Waals surface area contributed by atoms with E-state index in [0.29, 0.717) is 24.8 Å². The number of pyridine rings is 1. The molecule has 5 heteroatoms. The average molecular weight is 415 g/mol. The monoisotopic (exact) mass is 414 g/mol. The highest BCUT2D eigenvalue weighted by Crippen LogP contribution is 2.25. The second-order valence-electron chi connectivity index (χ2n) is 8.24. The Labute approximate surface area is 184 Å². The quantitative estimate of drug-likeness (QED) is 0.526. The number of hydrogen-bond donors (Lipinski definition) is 0. The van der Waals surface area contributed by atoms with Crippen LogP contribution in [0.1, 0.15) is 41.5 Å². The molecular weight excluding hydrogens is 384 g/mol. The third-order valence-corrected chi connectivity index (χ3v) is 6.03. The molecular formula is C26H30N4O. The molecule has 0 spiro atoms. The van der Waals surface area contributed by atoms with Crippen LogP contribution >= 0.6 is 0 Å². The van der Waals surface area contributed by atoms with E-state index in [-0.39, 0.29) is 11.9 Å². The Morgan fingerprint density at radius 2 is 2.00 bits per heavy atom. The molecule has 4 rings (SSSR count). The number of carbonyl (C=O) groups excluding carboxylic acids is 1. The Balaban J connectivity index is 1.68. The van der Waals surface area contributed by atoms with Gasteiger partial charge in [0.15, 0.2) is 5.69 Å². The van der Waals surface area contributed by atoms with Crippen LogP contribution in [-0.2, 0) is 13.1 Å². The van der Waals surface area contributed by atoms with Crippen molar-refractivity contribution >= 4 is 11.6 Å². The molecule has 0 N–H and O–H groups in total. The maximum atomic E-state index is 13.5. The van der Waals surface area contributed by atoms with Crippen LogP contribution in [0.15, 0.2) is 79.5 Å². The summed E-state index contributed by atoms with van der Waals surface area (Å²) in [6.07, 6.45) is 10.4. The Bertz CT molecular complexity index is 1090. The minimum Gasteiger partial charge on any atom is -0.336 e. The lowest BCUT2D eigenvalue weighted by molar-refractivity contribution is 0.0774. The first-order valence-electron chi connectivity index (χ1n) is 10.9. The van der Waals surface area contributed by atoms with Crippen molar-refractivity contribution in [2.45, 2.75) is 44.9 Å². The molecule has 0 unspecified atom stereocenters. The van der Waals surface area contributed by atoms with E-state index >= 15 is 0 Å². The van der Waals surface area contributed by atoms with Crippen molar-refractivity contribution in [2.75, 3.05) is 7.05 Å². The zero-order valence-electron chi connectivity index (χ0n) is 18.3. The van der Waals surface area contributed by atoms with Gasteiger partial charge in [0.25, 0.3) is 5.91 Å². The SMILES string of the molecule is C=CC[C@@H]1CC=C[C@@H](C)N1Cc1c(C(=O)N(C)Cc2ccccc2)nc2ccccn12. The molecule has 1 amide bonds. The molecule has 2 aromatic heterocycles. The summed E-state index contributed by atoms with van der Waals surface area (Å²) in [6.45, 7) is 7.36. The lowest BCUT2D eigenvalue weighted by Gasteiger charge is -2.37. The van der Waals surface area contributed by atoms with Crippen molar-refractivity contribution in [3.05, 3.63) is 96.5 Å². The van der Waals surface area contributed by atoms with Crippen molar-refractivity contribution in [2.24, 2.45) is 0 Å². The maximum absolute atomic E-state index is 13.5. The van der Waals surface area contributed by atoms with Gasteiger partial charge in [-0.3, -0.25) is 9.69 Å². The van der Waals surface area contributed by atoms with E-state index in [9.17, 15) is 4.79 Å². The molecule has 0 fully saturated rings. The molecule has 0 radical (unpaired) electrons. The number of carbonyl (C=O) groups is 1. The Kier molecular flexibility index (Phi) is 6.33. The average Bonchev–Trinajstić information content (AvgIpc) is 3.15. The molecule has 1 aromatic carbocycles. The highest BCUT2D eigenvalue weighted by Gasteiger charge is 2.29. The van der Waals surface area contributed by atoms with Crippen LogP contribution < -0.4 is 0 Å². The first-order valence-corrected chi connectivity index (χ1v) is 10.9. The fourth-order valence-electron chi connectivity index (χ4n) is 4.36. The predicted octanol–water partition coefficient (Wildman–Crippen LogP) is 4.70. The molecule has 5 nitrogen and oxygen atoms in total. The topological polar surface area (TPSA) is 40.9 Å². The van der Waals surface area contributed by atoms with Gasteiger partial charge in [-0.05, 0) is 37.5 Å². The lowest BCUT2D eigenvalue weighted by atomic mass is 10.00. The van der Waals surface area contributed by atoms with E-state index in [1.165, 1.54) is 0 Å². The van der Waals surface area contributed by atoms with Gasteiger partial charge >= 0.3 is 0 Å². The van der Waals surface area contributed by atoms with Crippen LogP contribution in [0.5, 0.6) is 0 Å². The first kappa shape index (κ1) is 21.1. The van der Waals surface area contributed by atoms with Gasteiger partial charge in [0.1, 0.15) is 5.65 Å². The molecule has 1 aliphatic rings. The van der Waals surface area contributed by atoms with Gasteiger partial charge in [-0.15, -0.1) is 6.58 Å². The summed E-state index contributed by atoms with van der Waals surface area (Å²) in [6, 6.07) is 16.6. The number of imidazole rings is 1. The second kappa shape index (κ2) is 9.31. The molecule has 0 aliphatic carbocycles. The van der Waals surface area contributed by atoms with Gasteiger partial charge in [0.05, 0.1) is 5.69 Å². The van der Waals surface area contributed by atoms with Gasteiger partial charge in [0.2, 0.25) is 0 Å². The third kappa shape index (κ3) is 4.47. The Hall–Kier alpha value is -3.18. The summed E-state index contributed by atoms with van der Waals surface area (Å²) >= 11 is 0. The number of amides is 1.